The van der Waals surface area contributed by atoms with Gasteiger partial charge in [-0.3, -0.25) is 0 Å². The van der Waals surface area contributed by atoms with E-state index < -0.39 is 52.8 Å². The summed E-state index contributed by atoms with van der Waals surface area (Å²) in [4.78, 5) is 0. The minimum atomic E-state index is -5.26. The highest BCUT2D eigenvalue weighted by Crippen LogP contribution is 3.03. The Labute approximate surface area is 95.3 Å². The van der Waals surface area contributed by atoms with E-state index in [1.165, 1.54) is 0 Å². The smallest absolute Gasteiger partial charge is 0.205 e. The van der Waals surface area contributed by atoms with Gasteiger partial charge in [0.2, 0.25) is 0 Å². The highest BCUT2D eigenvalue weighted by Gasteiger charge is 3.13. The predicted molar refractivity (Wildman–Crippen MR) is 40.5 cm³/mol. The van der Waals surface area contributed by atoms with E-state index in [9.17, 15) is 35.1 Å². The second-order valence-electron chi connectivity index (χ2n) is 5.81. The summed E-state index contributed by atoms with van der Waals surface area (Å²) in [7, 11) is 0. The van der Waals surface area contributed by atoms with E-state index in [-0.39, 0.29) is 6.42 Å². The topological polar surface area (TPSA) is 0 Å². The molecular formula is C10H6F8. The van der Waals surface area contributed by atoms with Crippen LogP contribution in [0.25, 0.3) is 0 Å². The van der Waals surface area contributed by atoms with E-state index >= 15 is 0 Å². The van der Waals surface area contributed by atoms with Gasteiger partial charge in [0.15, 0.2) is 0 Å². The van der Waals surface area contributed by atoms with Crippen LogP contribution < -0.4 is 0 Å². The summed E-state index contributed by atoms with van der Waals surface area (Å²) < 4.78 is 105. The lowest BCUT2D eigenvalue weighted by Gasteiger charge is -2.39. The largest absolute Gasteiger partial charge is 0.400 e. The molecule has 0 heterocycles. The Bertz CT molecular complexity index is 421. The van der Waals surface area contributed by atoms with Gasteiger partial charge in [-0.2, -0.15) is 26.3 Å². The first-order valence-electron chi connectivity index (χ1n) is 5.48. The van der Waals surface area contributed by atoms with Crippen molar-refractivity contribution in [3.63, 3.8) is 0 Å². The van der Waals surface area contributed by atoms with Gasteiger partial charge in [0.05, 0.1) is 0 Å². The molecule has 0 bridgehead atoms. The third-order valence-electron chi connectivity index (χ3n) is 5.74. The molecule has 0 spiro atoms. The van der Waals surface area contributed by atoms with Gasteiger partial charge in [-0.15, -0.1) is 0 Å². The molecule has 0 aromatic carbocycles. The molecule has 0 aliphatic heterocycles. The number of halogens is 8. The van der Waals surface area contributed by atoms with Gasteiger partial charge in [-0.05, 0) is 30.1 Å². The summed E-state index contributed by atoms with van der Waals surface area (Å²) in [6.07, 6.45) is -10.9. The fourth-order valence-corrected chi connectivity index (χ4v) is 5.36. The first-order chi connectivity index (χ1) is 7.97. The van der Waals surface area contributed by atoms with Crippen LogP contribution in [0, 0.1) is 34.5 Å². The number of hydrogen-bond donors (Lipinski definition) is 0. The van der Waals surface area contributed by atoms with Crippen LogP contribution in [0.5, 0.6) is 0 Å². The summed E-state index contributed by atoms with van der Waals surface area (Å²) in [5.41, 5.74) is -6.79. The zero-order valence-corrected chi connectivity index (χ0v) is 8.54. The number of hydrogen-bond acceptors (Lipinski definition) is 0. The zero-order chi connectivity index (χ0) is 13.5. The molecule has 0 N–H and O–H groups in total. The fraction of sp³-hybridized carbons (Fsp3) is 1.00. The Morgan fingerprint density at radius 2 is 1.06 bits per heavy atom. The normalized spacial score (nSPS) is 58.7. The van der Waals surface area contributed by atoms with Gasteiger partial charge in [-0.25, -0.2) is 8.78 Å². The SMILES string of the molecule is FC(F)(F)C12C3CC4C(C31)C4(C(F)(F)F)C2(F)F. The van der Waals surface area contributed by atoms with Crippen molar-refractivity contribution in [2.45, 2.75) is 24.7 Å². The van der Waals surface area contributed by atoms with Crippen LogP contribution in [0.4, 0.5) is 35.1 Å². The van der Waals surface area contributed by atoms with E-state index in [1.807, 2.05) is 0 Å². The summed E-state index contributed by atoms with van der Waals surface area (Å²) in [5, 5.41) is 0. The van der Waals surface area contributed by atoms with E-state index in [0.717, 1.165) is 0 Å². The Kier molecular flexibility index (Phi) is 1.36. The van der Waals surface area contributed by atoms with Crippen LogP contribution in [-0.4, -0.2) is 18.3 Å². The first kappa shape index (κ1) is 11.3. The second-order valence-corrected chi connectivity index (χ2v) is 5.81. The van der Waals surface area contributed by atoms with E-state index in [1.54, 1.807) is 0 Å². The second kappa shape index (κ2) is 2.18. The molecule has 8 heteroatoms. The lowest BCUT2D eigenvalue weighted by Crippen LogP contribution is -2.55. The Morgan fingerprint density at radius 1 is 0.722 bits per heavy atom. The number of rotatable bonds is 0. The summed E-state index contributed by atoms with van der Waals surface area (Å²) in [6.45, 7) is 0. The maximum atomic E-state index is 14.0. The summed E-state index contributed by atoms with van der Waals surface area (Å²) >= 11 is 0. The molecule has 4 rings (SSSR count). The minimum absolute atomic E-state index is 0.357. The maximum absolute atomic E-state index is 14.0. The molecule has 4 fully saturated rings. The molecule has 4 aliphatic rings. The molecule has 4 saturated carbocycles. The molecule has 0 saturated heterocycles. The molecule has 0 radical (unpaired) electrons. The Hall–Kier alpha value is -0.560. The van der Waals surface area contributed by atoms with Crippen molar-refractivity contribution in [3.05, 3.63) is 0 Å². The van der Waals surface area contributed by atoms with Crippen molar-refractivity contribution in [2.75, 3.05) is 0 Å². The van der Waals surface area contributed by atoms with Crippen molar-refractivity contribution < 1.29 is 35.1 Å². The monoisotopic (exact) mass is 278 g/mol. The molecule has 0 aromatic heterocycles. The van der Waals surface area contributed by atoms with Crippen LogP contribution >= 0.6 is 0 Å². The molecule has 4 aliphatic carbocycles. The molecular weight excluding hydrogens is 272 g/mol. The fourth-order valence-electron chi connectivity index (χ4n) is 5.36. The molecule has 0 aromatic rings. The molecule has 6 atom stereocenters. The molecule has 102 valence electrons. The van der Waals surface area contributed by atoms with Gasteiger partial charge in [-0.1, -0.05) is 0 Å². The lowest BCUT2D eigenvalue weighted by atomic mass is 9.76. The maximum Gasteiger partial charge on any atom is 0.400 e. The van der Waals surface area contributed by atoms with Gasteiger partial charge in [0.25, 0.3) is 5.92 Å². The number of alkyl halides is 8. The van der Waals surface area contributed by atoms with Crippen molar-refractivity contribution >= 4 is 0 Å². The van der Waals surface area contributed by atoms with Crippen molar-refractivity contribution in [2.24, 2.45) is 34.5 Å². The summed E-state index contributed by atoms with van der Waals surface area (Å²) in [6, 6.07) is 0. The van der Waals surface area contributed by atoms with Gasteiger partial charge < -0.3 is 0 Å². The van der Waals surface area contributed by atoms with Crippen LogP contribution in [-0.2, 0) is 0 Å². The standard InChI is InChI=1S/C10H6F8/c11-8(12)6(9(13,14)15)2-1-3-5(4(2)6)7(3,8)10(16,17)18/h2-5H,1H2. The highest BCUT2D eigenvalue weighted by molar-refractivity contribution is 5.48. The van der Waals surface area contributed by atoms with Crippen LogP contribution in [0.1, 0.15) is 6.42 Å². The van der Waals surface area contributed by atoms with Crippen molar-refractivity contribution in [1.29, 1.82) is 0 Å². The average molecular weight is 278 g/mol. The average Bonchev–Trinajstić information content (AvgIpc) is 2.91. The summed E-state index contributed by atoms with van der Waals surface area (Å²) in [5.74, 6) is -10.3. The molecule has 0 amide bonds. The van der Waals surface area contributed by atoms with Gasteiger partial charge in [0, 0.05) is 0 Å². The van der Waals surface area contributed by atoms with Gasteiger partial charge in [0.1, 0.15) is 10.8 Å². The van der Waals surface area contributed by atoms with Crippen LogP contribution in [0.3, 0.4) is 0 Å². The molecule has 18 heavy (non-hydrogen) atoms. The highest BCUT2D eigenvalue weighted by atomic mass is 19.4. The van der Waals surface area contributed by atoms with Crippen LogP contribution in [0.2, 0.25) is 0 Å². The number of fused-ring (bicyclic) bond motifs is 2. The van der Waals surface area contributed by atoms with Crippen molar-refractivity contribution in [1.82, 2.24) is 0 Å². The molecule has 0 nitrogen and oxygen atoms in total. The van der Waals surface area contributed by atoms with E-state index in [2.05, 4.69) is 0 Å². The van der Waals surface area contributed by atoms with E-state index in [4.69, 9.17) is 0 Å². The Morgan fingerprint density at radius 3 is 1.28 bits per heavy atom. The predicted octanol–water partition coefficient (Wildman–Crippen LogP) is 3.63. The quantitative estimate of drug-likeness (QED) is 0.594. The molecule has 6 unspecified atom stereocenters. The van der Waals surface area contributed by atoms with Gasteiger partial charge >= 0.3 is 12.4 Å². The Balaban J connectivity index is 1.92. The lowest BCUT2D eigenvalue weighted by molar-refractivity contribution is -0.333. The third kappa shape index (κ3) is 0.631. The van der Waals surface area contributed by atoms with Crippen molar-refractivity contribution in [3.8, 4) is 0 Å². The third-order valence-corrected chi connectivity index (χ3v) is 5.74. The first-order valence-corrected chi connectivity index (χ1v) is 5.48. The van der Waals surface area contributed by atoms with Crippen LogP contribution in [0.15, 0.2) is 0 Å². The minimum Gasteiger partial charge on any atom is -0.205 e. The van der Waals surface area contributed by atoms with E-state index in [0.29, 0.717) is 0 Å². The zero-order valence-electron chi connectivity index (χ0n) is 8.54.